The quantitative estimate of drug-likeness (QED) is 0.900. The van der Waals surface area contributed by atoms with Crippen LogP contribution in [-0.2, 0) is 0 Å². The first kappa shape index (κ1) is 15.5. The van der Waals surface area contributed by atoms with Gasteiger partial charge in [0.1, 0.15) is 12.1 Å². The molecule has 1 amide bonds. The molecule has 1 aliphatic carbocycles. The first-order chi connectivity index (χ1) is 12.7. The van der Waals surface area contributed by atoms with Crippen molar-refractivity contribution in [2.24, 2.45) is 11.8 Å². The number of aromatic amines is 1. The largest absolute Gasteiger partial charge is 0.356 e. The van der Waals surface area contributed by atoms with Crippen molar-refractivity contribution in [1.29, 1.82) is 0 Å². The monoisotopic (exact) mass is 351 g/mol. The zero-order chi connectivity index (χ0) is 17.7. The predicted octanol–water partition coefficient (Wildman–Crippen LogP) is 1.25. The van der Waals surface area contributed by atoms with Crippen molar-refractivity contribution in [3.63, 3.8) is 0 Å². The minimum atomic E-state index is -0.239. The number of amides is 1. The summed E-state index contributed by atoms with van der Waals surface area (Å²) in [4.78, 5) is 39.7. The zero-order valence-corrected chi connectivity index (χ0v) is 14.5. The Balaban J connectivity index is 1.27. The molecule has 26 heavy (non-hydrogen) atoms. The van der Waals surface area contributed by atoms with Crippen LogP contribution in [0.25, 0.3) is 0 Å². The van der Waals surface area contributed by atoms with Gasteiger partial charge in [0, 0.05) is 73.5 Å². The van der Waals surface area contributed by atoms with Crippen LogP contribution < -0.4 is 10.5 Å². The summed E-state index contributed by atoms with van der Waals surface area (Å²) in [7, 11) is 0. The minimum Gasteiger partial charge on any atom is -0.356 e. The van der Waals surface area contributed by atoms with Gasteiger partial charge in [-0.3, -0.25) is 9.59 Å². The van der Waals surface area contributed by atoms with E-state index in [0.717, 1.165) is 37.7 Å². The van der Waals surface area contributed by atoms with Gasteiger partial charge >= 0.3 is 0 Å². The van der Waals surface area contributed by atoms with Gasteiger partial charge in [-0.15, -0.1) is 0 Å². The van der Waals surface area contributed by atoms with Crippen molar-refractivity contribution in [2.75, 3.05) is 31.1 Å². The average molecular weight is 351 g/mol. The Morgan fingerprint density at radius 3 is 2.54 bits per heavy atom. The molecule has 2 unspecified atom stereocenters. The van der Waals surface area contributed by atoms with Crippen LogP contribution in [0.3, 0.4) is 0 Å². The van der Waals surface area contributed by atoms with E-state index in [4.69, 9.17) is 0 Å². The molecule has 0 bridgehead atoms. The normalized spacial score (nSPS) is 24.8. The molecule has 1 N–H and O–H groups in total. The minimum absolute atomic E-state index is 0.0462. The molecule has 0 radical (unpaired) electrons. The molecule has 2 aliphatic heterocycles. The summed E-state index contributed by atoms with van der Waals surface area (Å²) in [5.74, 6) is 2.51. The number of nitrogens with one attached hydrogen (secondary N) is 1. The van der Waals surface area contributed by atoms with E-state index >= 15 is 0 Å². The standard InChI is InChI=1S/C19H21N5O2/c25-18-5-13(3-4-20-18)19(26)24-9-14-7-23(8-15(14)10-24)17-6-16(12-1-2-12)21-11-22-17/h3-6,11-12,14-15H,1-2,7-10H2,(H,20,25). The second kappa shape index (κ2) is 5.93. The highest BCUT2D eigenvalue weighted by Gasteiger charge is 2.42. The van der Waals surface area contributed by atoms with Crippen LogP contribution in [0.2, 0.25) is 0 Å². The van der Waals surface area contributed by atoms with Gasteiger partial charge in [0.25, 0.3) is 5.91 Å². The third-order valence-corrected chi connectivity index (χ3v) is 5.79. The van der Waals surface area contributed by atoms with E-state index in [9.17, 15) is 9.59 Å². The fourth-order valence-corrected chi connectivity index (χ4v) is 4.24. The number of fused-ring (bicyclic) bond motifs is 1. The van der Waals surface area contributed by atoms with Gasteiger partial charge in [-0.1, -0.05) is 0 Å². The summed E-state index contributed by atoms with van der Waals surface area (Å²) in [5.41, 5.74) is 1.39. The molecule has 2 aromatic rings. The van der Waals surface area contributed by atoms with Gasteiger partial charge in [0.05, 0.1) is 0 Å². The lowest BCUT2D eigenvalue weighted by molar-refractivity contribution is 0.0782. The topological polar surface area (TPSA) is 82.2 Å². The Morgan fingerprint density at radius 1 is 1.08 bits per heavy atom. The van der Waals surface area contributed by atoms with Gasteiger partial charge in [0.15, 0.2) is 0 Å². The fraction of sp³-hybridized carbons (Fsp3) is 0.474. The number of rotatable bonds is 3. The number of H-pyrrole nitrogens is 1. The van der Waals surface area contributed by atoms with Gasteiger partial charge in [-0.25, -0.2) is 9.97 Å². The first-order valence-corrected chi connectivity index (χ1v) is 9.22. The van der Waals surface area contributed by atoms with Crippen LogP contribution in [0.5, 0.6) is 0 Å². The molecule has 2 atom stereocenters. The molecule has 0 spiro atoms. The van der Waals surface area contributed by atoms with E-state index in [1.54, 1.807) is 12.4 Å². The van der Waals surface area contributed by atoms with Crippen molar-refractivity contribution in [3.8, 4) is 0 Å². The van der Waals surface area contributed by atoms with Crippen LogP contribution >= 0.6 is 0 Å². The Kier molecular flexibility index (Phi) is 3.55. The van der Waals surface area contributed by atoms with Crippen molar-refractivity contribution in [2.45, 2.75) is 18.8 Å². The number of carbonyl (C=O) groups is 1. The van der Waals surface area contributed by atoms with E-state index in [0.29, 0.717) is 23.3 Å². The molecule has 7 nitrogen and oxygen atoms in total. The first-order valence-electron chi connectivity index (χ1n) is 9.22. The molecule has 3 aliphatic rings. The van der Waals surface area contributed by atoms with Crippen LogP contribution in [0.1, 0.15) is 34.8 Å². The maximum absolute atomic E-state index is 12.6. The summed E-state index contributed by atoms with van der Waals surface area (Å²) < 4.78 is 0. The molecule has 5 rings (SSSR count). The Morgan fingerprint density at radius 2 is 1.85 bits per heavy atom. The van der Waals surface area contributed by atoms with Crippen LogP contribution in [-0.4, -0.2) is 51.9 Å². The molecule has 7 heteroatoms. The molecule has 2 aromatic heterocycles. The summed E-state index contributed by atoms with van der Waals surface area (Å²) in [5, 5.41) is 0. The number of anilines is 1. The summed E-state index contributed by atoms with van der Waals surface area (Å²) in [6, 6.07) is 5.19. The molecular weight excluding hydrogens is 330 g/mol. The smallest absolute Gasteiger partial charge is 0.254 e. The summed E-state index contributed by atoms with van der Waals surface area (Å²) in [6.07, 6.45) is 5.68. The highest BCUT2D eigenvalue weighted by atomic mass is 16.2. The van der Waals surface area contributed by atoms with Crippen molar-refractivity contribution < 1.29 is 4.79 Å². The van der Waals surface area contributed by atoms with Crippen LogP contribution in [0, 0.1) is 11.8 Å². The molecule has 4 heterocycles. The Labute approximate surface area is 151 Å². The maximum Gasteiger partial charge on any atom is 0.254 e. The Bertz CT molecular complexity index is 893. The molecule has 3 fully saturated rings. The second-order valence-corrected chi connectivity index (χ2v) is 7.65. The van der Waals surface area contributed by atoms with Crippen molar-refractivity contribution in [1.82, 2.24) is 19.9 Å². The number of nitrogens with zero attached hydrogens (tertiary/aromatic N) is 4. The number of pyridine rings is 1. The van der Waals surface area contributed by atoms with Gasteiger partial charge in [0.2, 0.25) is 5.56 Å². The lowest BCUT2D eigenvalue weighted by atomic mass is 10.0. The van der Waals surface area contributed by atoms with Gasteiger partial charge < -0.3 is 14.8 Å². The Hall–Kier alpha value is -2.70. The predicted molar refractivity (Wildman–Crippen MR) is 96.2 cm³/mol. The van der Waals surface area contributed by atoms with Crippen LogP contribution in [0.4, 0.5) is 5.82 Å². The summed E-state index contributed by atoms with van der Waals surface area (Å²) in [6.45, 7) is 3.33. The highest BCUT2D eigenvalue weighted by Crippen LogP contribution is 2.40. The third kappa shape index (κ3) is 2.77. The van der Waals surface area contributed by atoms with Crippen LogP contribution in [0.15, 0.2) is 35.5 Å². The van der Waals surface area contributed by atoms with E-state index < -0.39 is 0 Å². The molecular formula is C19H21N5O2. The molecule has 1 saturated carbocycles. The third-order valence-electron chi connectivity index (χ3n) is 5.79. The molecule has 0 aromatic carbocycles. The van der Waals surface area contributed by atoms with E-state index in [1.165, 1.54) is 25.1 Å². The summed E-state index contributed by atoms with van der Waals surface area (Å²) >= 11 is 0. The van der Waals surface area contributed by atoms with Gasteiger partial charge in [-0.2, -0.15) is 0 Å². The fourth-order valence-electron chi connectivity index (χ4n) is 4.24. The lowest BCUT2D eigenvalue weighted by Gasteiger charge is -2.22. The SMILES string of the molecule is O=C(c1cc[nH]c(=O)c1)N1CC2CN(c3cc(C4CC4)ncn3)CC2C1. The number of likely N-dealkylation sites (tertiary alicyclic amines) is 1. The number of carbonyl (C=O) groups excluding carboxylic acids is 1. The van der Waals surface area contributed by atoms with E-state index in [-0.39, 0.29) is 11.5 Å². The molecule has 2 saturated heterocycles. The van der Waals surface area contributed by atoms with E-state index in [2.05, 4.69) is 25.9 Å². The number of hydrogen-bond donors (Lipinski definition) is 1. The van der Waals surface area contributed by atoms with Gasteiger partial charge in [-0.05, 0) is 18.9 Å². The van der Waals surface area contributed by atoms with E-state index in [1.807, 2.05) is 4.90 Å². The maximum atomic E-state index is 12.6. The lowest BCUT2D eigenvalue weighted by Crippen LogP contribution is -2.34. The second-order valence-electron chi connectivity index (χ2n) is 7.65. The molecule has 134 valence electrons. The highest BCUT2D eigenvalue weighted by molar-refractivity contribution is 5.94. The number of aromatic nitrogens is 3. The van der Waals surface area contributed by atoms with Crippen molar-refractivity contribution in [3.05, 3.63) is 52.3 Å². The zero-order valence-electron chi connectivity index (χ0n) is 14.5. The van der Waals surface area contributed by atoms with Crippen molar-refractivity contribution >= 4 is 11.7 Å². The average Bonchev–Trinajstić information content (AvgIpc) is 3.31. The number of hydrogen-bond acceptors (Lipinski definition) is 5.